The predicted molar refractivity (Wildman–Crippen MR) is 93.5 cm³/mol. The lowest BCUT2D eigenvalue weighted by atomic mass is 9.94. The van der Waals surface area contributed by atoms with Gasteiger partial charge in [0.25, 0.3) is 0 Å². The van der Waals surface area contributed by atoms with Crippen LogP contribution in [0.25, 0.3) is 0 Å². The number of hydrogen-bond acceptors (Lipinski definition) is 1. The first-order valence-electron chi connectivity index (χ1n) is 9.33. The lowest BCUT2D eigenvalue weighted by molar-refractivity contribution is 0.103. The molecule has 1 nitrogen and oxygen atoms in total. The van der Waals surface area contributed by atoms with E-state index in [1.54, 1.807) is 0 Å². The summed E-state index contributed by atoms with van der Waals surface area (Å²) in [5.74, 6) is 0. The zero-order valence-electron chi connectivity index (χ0n) is 15.1. The van der Waals surface area contributed by atoms with Gasteiger partial charge in [-0.15, -0.1) is 0 Å². The van der Waals surface area contributed by atoms with Crippen molar-refractivity contribution < 1.29 is 0 Å². The normalized spacial score (nSPS) is 12.3. The summed E-state index contributed by atoms with van der Waals surface area (Å²) in [6.07, 6.45) is 15.1. The van der Waals surface area contributed by atoms with Crippen LogP contribution in [-0.2, 0) is 0 Å². The minimum atomic E-state index is 0.397. The van der Waals surface area contributed by atoms with Crippen LogP contribution in [0, 0.1) is 0 Å². The lowest BCUT2D eigenvalue weighted by Crippen LogP contribution is -2.45. The molecular weight excluding hydrogens is 242 g/mol. The molecule has 0 rings (SSSR count). The number of hydrogen-bond donors (Lipinski definition) is 0. The zero-order chi connectivity index (χ0) is 15.3. The van der Waals surface area contributed by atoms with E-state index in [2.05, 4.69) is 39.5 Å². The fourth-order valence-corrected chi connectivity index (χ4v) is 2.94. The van der Waals surface area contributed by atoms with Crippen molar-refractivity contribution in [2.24, 2.45) is 0 Å². The minimum absolute atomic E-state index is 0.397. The quantitative estimate of drug-likeness (QED) is 0.333. The minimum Gasteiger partial charge on any atom is -0.298 e. The Morgan fingerprint density at radius 1 is 0.600 bits per heavy atom. The predicted octanol–water partition coefficient (Wildman–Crippen LogP) is 6.42. The molecule has 0 aromatic heterocycles. The first-order chi connectivity index (χ1) is 9.58. The Balaban J connectivity index is 4.20. The molecule has 0 atom stereocenters. The van der Waals surface area contributed by atoms with Crippen molar-refractivity contribution >= 4 is 0 Å². The standard InChI is InChI=1S/C19H41N/c1-6-9-12-14-17-20(18-15-13-10-7-2)19(4,5)16-11-8-3/h6-18H2,1-5H3. The van der Waals surface area contributed by atoms with Crippen LogP contribution in [0.2, 0.25) is 0 Å². The molecule has 0 aromatic carbocycles. The Morgan fingerprint density at radius 2 is 1.05 bits per heavy atom. The highest BCUT2D eigenvalue weighted by molar-refractivity contribution is 4.81. The highest BCUT2D eigenvalue weighted by Gasteiger charge is 2.24. The first kappa shape index (κ1) is 20.0. The molecule has 0 fully saturated rings. The van der Waals surface area contributed by atoms with Gasteiger partial charge in [-0.2, -0.15) is 0 Å². The van der Waals surface area contributed by atoms with E-state index >= 15 is 0 Å². The van der Waals surface area contributed by atoms with Crippen LogP contribution in [0.5, 0.6) is 0 Å². The average molecular weight is 284 g/mol. The molecule has 1 heteroatoms. The zero-order valence-corrected chi connectivity index (χ0v) is 15.1. The SMILES string of the molecule is CCCCCCN(CCCCCC)C(C)(C)CCCC. The van der Waals surface area contributed by atoms with Crippen molar-refractivity contribution in [2.75, 3.05) is 13.1 Å². The van der Waals surface area contributed by atoms with Crippen LogP contribution in [0.4, 0.5) is 0 Å². The maximum absolute atomic E-state index is 2.79. The molecule has 0 amide bonds. The summed E-state index contributed by atoms with van der Waals surface area (Å²) in [4.78, 5) is 2.79. The van der Waals surface area contributed by atoms with Crippen LogP contribution in [0.1, 0.15) is 105 Å². The van der Waals surface area contributed by atoms with E-state index in [0.29, 0.717) is 5.54 Å². The second kappa shape index (κ2) is 12.7. The third kappa shape index (κ3) is 9.80. The molecule has 0 saturated carbocycles. The smallest absolute Gasteiger partial charge is 0.0153 e. The number of nitrogens with zero attached hydrogens (tertiary/aromatic N) is 1. The van der Waals surface area contributed by atoms with E-state index < -0.39 is 0 Å². The van der Waals surface area contributed by atoms with Gasteiger partial charge in [0.2, 0.25) is 0 Å². The van der Waals surface area contributed by atoms with E-state index in [1.807, 2.05) is 0 Å². The Hall–Kier alpha value is -0.0400. The van der Waals surface area contributed by atoms with Crippen LogP contribution >= 0.6 is 0 Å². The van der Waals surface area contributed by atoms with Crippen LogP contribution < -0.4 is 0 Å². The third-order valence-electron chi connectivity index (χ3n) is 4.56. The second-order valence-electron chi connectivity index (χ2n) is 7.02. The Morgan fingerprint density at radius 3 is 1.45 bits per heavy atom. The molecule has 0 radical (unpaired) electrons. The van der Waals surface area contributed by atoms with Crippen LogP contribution in [0.3, 0.4) is 0 Å². The Kier molecular flexibility index (Phi) is 12.7. The van der Waals surface area contributed by atoms with Gasteiger partial charge in [0, 0.05) is 5.54 Å². The number of unbranched alkanes of at least 4 members (excludes halogenated alkanes) is 7. The fourth-order valence-electron chi connectivity index (χ4n) is 2.94. The van der Waals surface area contributed by atoms with Gasteiger partial charge in [-0.05, 0) is 46.2 Å². The summed E-state index contributed by atoms with van der Waals surface area (Å²) in [7, 11) is 0. The average Bonchev–Trinajstić information content (AvgIpc) is 2.43. The van der Waals surface area contributed by atoms with Crippen molar-refractivity contribution in [2.45, 2.75) is 111 Å². The molecule has 0 saturated heterocycles. The molecule has 0 spiro atoms. The molecule has 0 aliphatic rings. The lowest BCUT2D eigenvalue weighted by Gasteiger charge is -2.39. The van der Waals surface area contributed by atoms with Crippen molar-refractivity contribution in [1.82, 2.24) is 4.90 Å². The van der Waals surface area contributed by atoms with Crippen LogP contribution in [0.15, 0.2) is 0 Å². The summed E-state index contributed by atoms with van der Waals surface area (Å²) in [5, 5.41) is 0. The summed E-state index contributed by atoms with van der Waals surface area (Å²) in [6, 6.07) is 0. The molecule has 122 valence electrons. The monoisotopic (exact) mass is 283 g/mol. The van der Waals surface area contributed by atoms with Gasteiger partial charge in [0.05, 0.1) is 0 Å². The number of rotatable bonds is 14. The van der Waals surface area contributed by atoms with E-state index in [0.717, 1.165) is 0 Å². The van der Waals surface area contributed by atoms with E-state index in [1.165, 1.54) is 83.7 Å². The van der Waals surface area contributed by atoms with Gasteiger partial charge in [0.15, 0.2) is 0 Å². The van der Waals surface area contributed by atoms with Crippen molar-refractivity contribution in [3.63, 3.8) is 0 Å². The molecule has 0 aliphatic heterocycles. The highest BCUT2D eigenvalue weighted by atomic mass is 15.2. The van der Waals surface area contributed by atoms with E-state index in [-0.39, 0.29) is 0 Å². The topological polar surface area (TPSA) is 3.24 Å². The highest BCUT2D eigenvalue weighted by Crippen LogP contribution is 2.23. The Labute approximate surface area is 129 Å². The van der Waals surface area contributed by atoms with Crippen molar-refractivity contribution in [3.05, 3.63) is 0 Å². The molecule has 0 aliphatic carbocycles. The van der Waals surface area contributed by atoms with E-state index in [9.17, 15) is 0 Å². The van der Waals surface area contributed by atoms with Gasteiger partial charge < -0.3 is 0 Å². The Bertz CT molecular complexity index is 186. The molecule has 0 aromatic rings. The molecule has 20 heavy (non-hydrogen) atoms. The summed E-state index contributed by atoms with van der Waals surface area (Å²) < 4.78 is 0. The molecule has 0 bridgehead atoms. The molecule has 0 N–H and O–H groups in total. The third-order valence-corrected chi connectivity index (χ3v) is 4.56. The maximum atomic E-state index is 2.79. The van der Waals surface area contributed by atoms with Gasteiger partial charge in [-0.1, -0.05) is 72.1 Å². The largest absolute Gasteiger partial charge is 0.298 e. The van der Waals surface area contributed by atoms with E-state index in [4.69, 9.17) is 0 Å². The second-order valence-corrected chi connectivity index (χ2v) is 7.02. The molecular formula is C19H41N. The molecule has 0 unspecified atom stereocenters. The van der Waals surface area contributed by atoms with Crippen LogP contribution in [-0.4, -0.2) is 23.5 Å². The van der Waals surface area contributed by atoms with Gasteiger partial charge in [0.1, 0.15) is 0 Å². The van der Waals surface area contributed by atoms with Gasteiger partial charge in [-0.3, -0.25) is 4.90 Å². The summed E-state index contributed by atoms with van der Waals surface area (Å²) in [5.41, 5.74) is 0.397. The van der Waals surface area contributed by atoms with Crippen molar-refractivity contribution in [3.8, 4) is 0 Å². The van der Waals surface area contributed by atoms with Crippen molar-refractivity contribution in [1.29, 1.82) is 0 Å². The molecule has 0 heterocycles. The summed E-state index contributed by atoms with van der Waals surface area (Å²) in [6.45, 7) is 14.4. The summed E-state index contributed by atoms with van der Waals surface area (Å²) >= 11 is 0. The fraction of sp³-hybridized carbons (Fsp3) is 1.00. The first-order valence-corrected chi connectivity index (χ1v) is 9.33. The van der Waals surface area contributed by atoms with Gasteiger partial charge in [-0.25, -0.2) is 0 Å². The maximum Gasteiger partial charge on any atom is 0.0153 e. The van der Waals surface area contributed by atoms with Gasteiger partial charge >= 0.3 is 0 Å².